The number of fused-ring (bicyclic) bond motifs is 1. The number of carbonyl (C=O) groups excluding carboxylic acids is 1. The van der Waals surface area contributed by atoms with E-state index in [1.165, 1.54) is 0 Å². The average molecular weight is 231 g/mol. The molecule has 0 saturated heterocycles. The lowest BCUT2D eigenvalue weighted by Gasteiger charge is -2.17. The first-order valence-corrected chi connectivity index (χ1v) is 5.80. The lowest BCUT2D eigenvalue weighted by Crippen LogP contribution is -2.29. The number of hydrogen-bond donors (Lipinski definition) is 0. The van der Waals surface area contributed by atoms with Crippen LogP contribution in [0.4, 0.5) is 0 Å². The van der Waals surface area contributed by atoms with Crippen molar-refractivity contribution in [2.45, 2.75) is 20.4 Å². The second kappa shape index (κ2) is 4.62. The summed E-state index contributed by atoms with van der Waals surface area (Å²) >= 11 is 0. The standard InChI is InChI=1S/C14H17NO2/c1-10(2)14(16)15(3)9-12-8-11-6-4-5-7-13(11)17-12/h4-8,10H,9H2,1-3H3. The van der Waals surface area contributed by atoms with E-state index in [1.54, 1.807) is 11.9 Å². The summed E-state index contributed by atoms with van der Waals surface area (Å²) in [4.78, 5) is 13.4. The summed E-state index contributed by atoms with van der Waals surface area (Å²) in [7, 11) is 1.80. The first kappa shape index (κ1) is 11.7. The maximum Gasteiger partial charge on any atom is 0.225 e. The molecule has 0 saturated carbocycles. The van der Waals surface area contributed by atoms with Crippen molar-refractivity contribution >= 4 is 16.9 Å². The zero-order valence-corrected chi connectivity index (χ0v) is 10.4. The number of hydrogen-bond acceptors (Lipinski definition) is 2. The van der Waals surface area contributed by atoms with E-state index >= 15 is 0 Å². The van der Waals surface area contributed by atoms with Crippen molar-refractivity contribution in [1.82, 2.24) is 4.90 Å². The molecule has 90 valence electrons. The van der Waals surface area contributed by atoms with Crippen molar-refractivity contribution < 1.29 is 9.21 Å². The van der Waals surface area contributed by atoms with Crippen LogP contribution in [0.3, 0.4) is 0 Å². The van der Waals surface area contributed by atoms with Crippen LogP contribution in [0.25, 0.3) is 11.0 Å². The molecule has 0 aliphatic heterocycles. The minimum absolute atomic E-state index is 0.0179. The molecule has 0 fully saturated rings. The first-order valence-electron chi connectivity index (χ1n) is 5.80. The Bertz CT molecular complexity index is 495. The Hall–Kier alpha value is -1.77. The summed E-state index contributed by atoms with van der Waals surface area (Å²) in [5, 5.41) is 1.08. The summed E-state index contributed by atoms with van der Waals surface area (Å²) in [6.07, 6.45) is 0. The molecular weight excluding hydrogens is 214 g/mol. The maximum absolute atomic E-state index is 11.7. The van der Waals surface area contributed by atoms with Gasteiger partial charge in [-0.25, -0.2) is 0 Å². The van der Waals surface area contributed by atoms with Gasteiger partial charge in [0.2, 0.25) is 5.91 Å². The van der Waals surface area contributed by atoms with Crippen molar-refractivity contribution in [3.8, 4) is 0 Å². The SMILES string of the molecule is CC(C)C(=O)N(C)Cc1cc2ccccc2o1. The molecule has 1 heterocycles. The van der Waals surface area contributed by atoms with E-state index in [4.69, 9.17) is 4.42 Å². The Balaban J connectivity index is 2.16. The number of amides is 1. The fraction of sp³-hybridized carbons (Fsp3) is 0.357. The largest absolute Gasteiger partial charge is 0.459 e. The van der Waals surface area contributed by atoms with E-state index in [2.05, 4.69) is 0 Å². The summed E-state index contributed by atoms with van der Waals surface area (Å²) in [6, 6.07) is 9.85. The summed E-state index contributed by atoms with van der Waals surface area (Å²) in [5.74, 6) is 0.970. The average Bonchev–Trinajstić information content (AvgIpc) is 2.69. The summed E-state index contributed by atoms with van der Waals surface area (Å²) in [6.45, 7) is 4.32. The molecule has 0 aliphatic rings. The number of rotatable bonds is 3. The molecule has 2 aromatic rings. The molecule has 0 radical (unpaired) electrons. The fourth-order valence-electron chi connectivity index (χ4n) is 1.87. The lowest BCUT2D eigenvalue weighted by atomic mass is 10.2. The quantitative estimate of drug-likeness (QED) is 0.813. The van der Waals surface area contributed by atoms with Gasteiger partial charge in [0, 0.05) is 18.4 Å². The van der Waals surface area contributed by atoms with Crippen molar-refractivity contribution in [2.75, 3.05) is 7.05 Å². The zero-order valence-electron chi connectivity index (χ0n) is 10.4. The third-order valence-electron chi connectivity index (χ3n) is 2.74. The Morgan fingerprint density at radius 1 is 1.35 bits per heavy atom. The maximum atomic E-state index is 11.7. The van der Waals surface area contributed by atoms with Crippen LogP contribution in [0.1, 0.15) is 19.6 Å². The number of carbonyl (C=O) groups is 1. The van der Waals surface area contributed by atoms with Gasteiger partial charge in [-0.3, -0.25) is 4.79 Å². The molecule has 3 heteroatoms. The van der Waals surface area contributed by atoms with Crippen LogP contribution >= 0.6 is 0 Å². The summed E-state index contributed by atoms with van der Waals surface area (Å²) in [5.41, 5.74) is 0.868. The van der Waals surface area contributed by atoms with Gasteiger partial charge in [0.05, 0.1) is 6.54 Å². The Labute approximate surface area is 101 Å². The van der Waals surface area contributed by atoms with E-state index in [1.807, 2.05) is 44.2 Å². The van der Waals surface area contributed by atoms with Gasteiger partial charge >= 0.3 is 0 Å². The Morgan fingerprint density at radius 2 is 2.06 bits per heavy atom. The van der Waals surface area contributed by atoms with Crippen LogP contribution in [0, 0.1) is 5.92 Å². The van der Waals surface area contributed by atoms with Gasteiger partial charge < -0.3 is 9.32 Å². The number of nitrogens with zero attached hydrogens (tertiary/aromatic N) is 1. The number of furan rings is 1. The van der Waals surface area contributed by atoms with Crippen LogP contribution in [-0.2, 0) is 11.3 Å². The molecule has 3 nitrogen and oxygen atoms in total. The first-order chi connectivity index (χ1) is 8.08. The predicted octanol–water partition coefficient (Wildman–Crippen LogP) is 3.05. The zero-order chi connectivity index (χ0) is 12.4. The molecule has 0 aliphatic carbocycles. The van der Waals surface area contributed by atoms with Crippen molar-refractivity contribution in [1.29, 1.82) is 0 Å². The highest BCUT2D eigenvalue weighted by molar-refractivity contribution is 5.79. The summed E-state index contributed by atoms with van der Waals surface area (Å²) < 4.78 is 5.67. The normalized spacial score (nSPS) is 11.1. The van der Waals surface area contributed by atoms with Crippen molar-refractivity contribution in [2.24, 2.45) is 5.92 Å². The highest BCUT2D eigenvalue weighted by Gasteiger charge is 2.14. The number of benzene rings is 1. The second-order valence-electron chi connectivity index (χ2n) is 4.60. The topological polar surface area (TPSA) is 33.5 Å². The van der Waals surface area contributed by atoms with Crippen LogP contribution < -0.4 is 0 Å². The van der Waals surface area contributed by atoms with Gasteiger partial charge in [0.1, 0.15) is 11.3 Å². The molecule has 0 bridgehead atoms. The smallest absolute Gasteiger partial charge is 0.225 e. The molecule has 1 amide bonds. The van der Waals surface area contributed by atoms with Crippen molar-refractivity contribution in [3.63, 3.8) is 0 Å². The van der Waals surface area contributed by atoms with Gasteiger partial charge in [-0.2, -0.15) is 0 Å². The molecular formula is C14H17NO2. The highest BCUT2D eigenvalue weighted by atomic mass is 16.3. The van der Waals surface area contributed by atoms with E-state index in [0.717, 1.165) is 16.7 Å². The van der Waals surface area contributed by atoms with E-state index in [-0.39, 0.29) is 11.8 Å². The third kappa shape index (κ3) is 2.49. The molecule has 1 aromatic heterocycles. The molecule has 0 spiro atoms. The Kier molecular flexibility index (Phi) is 3.18. The molecule has 0 N–H and O–H groups in total. The van der Waals surface area contributed by atoms with Gasteiger partial charge in [0.15, 0.2) is 0 Å². The van der Waals surface area contributed by atoms with E-state index in [0.29, 0.717) is 6.54 Å². The third-order valence-corrected chi connectivity index (χ3v) is 2.74. The van der Waals surface area contributed by atoms with Gasteiger partial charge in [0.25, 0.3) is 0 Å². The monoisotopic (exact) mass is 231 g/mol. The highest BCUT2D eigenvalue weighted by Crippen LogP contribution is 2.20. The van der Waals surface area contributed by atoms with Gasteiger partial charge in [-0.15, -0.1) is 0 Å². The minimum atomic E-state index is 0.0179. The predicted molar refractivity (Wildman–Crippen MR) is 67.5 cm³/mol. The van der Waals surface area contributed by atoms with E-state index < -0.39 is 0 Å². The van der Waals surface area contributed by atoms with E-state index in [9.17, 15) is 4.79 Å². The lowest BCUT2D eigenvalue weighted by molar-refractivity contribution is -0.133. The Morgan fingerprint density at radius 3 is 2.71 bits per heavy atom. The fourth-order valence-corrected chi connectivity index (χ4v) is 1.87. The van der Waals surface area contributed by atoms with Crippen LogP contribution in [0.2, 0.25) is 0 Å². The molecule has 0 atom stereocenters. The van der Waals surface area contributed by atoms with Crippen LogP contribution in [0.15, 0.2) is 34.7 Å². The molecule has 1 aromatic carbocycles. The minimum Gasteiger partial charge on any atom is -0.459 e. The molecule has 17 heavy (non-hydrogen) atoms. The molecule has 2 rings (SSSR count). The second-order valence-corrected chi connectivity index (χ2v) is 4.60. The van der Waals surface area contributed by atoms with Gasteiger partial charge in [-0.05, 0) is 12.1 Å². The molecule has 0 unspecified atom stereocenters. The van der Waals surface area contributed by atoms with Gasteiger partial charge in [-0.1, -0.05) is 32.0 Å². The van der Waals surface area contributed by atoms with Crippen LogP contribution in [-0.4, -0.2) is 17.9 Å². The van der Waals surface area contributed by atoms with Crippen molar-refractivity contribution in [3.05, 3.63) is 36.1 Å². The van der Waals surface area contributed by atoms with Crippen LogP contribution in [0.5, 0.6) is 0 Å². The number of para-hydroxylation sites is 1.